The molecule has 3 aromatic carbocycles. The maximum absolute atomic E-state index is 13.7. The summed E-state index contributed by atoms with van der Waals surface area (Å²) < 4.78 is 41.0. The molecule has 0 fully saturated rings. The molecule has 36 heavy (non-hydrogen) atoms. The predicted octanol–water partition coefficient (Wildman–Crippen LogP) is 6.39. The number of anilines is 1. The van der Waals surface area contributed by atoms with Crippen LogP contribution >= 0.6 is 0 Å². The highest BCUT2D eigenvalue weighted by molar-refractivity contribution is 5.90. The molecule has 2 amide bonds. The molecule has 0 spiro atoms. The Balaban J connectivity index is 1.84. The van der Waals surface area contributed by atoms with E-state index >= 15 is 0 Å². The summed E-state index contributed by atoms with van der Waals surface area (Å²) in [6.45, 7) is 0. The fraction of sp³-hybridized carbons (Fsp3) is 0.103. The summed E-state index contributed by atoms with van der Waals surface area (Å²) in [5, 5.41) is 5.69. The molecule has 0 radical (unpaired) electrons. The SMILES string of the molecule is C#Cc1cccc(NC(=O)NC(Cc2ccccc2)(c2cccc(C(F)(F)F)c2)c2ccccn2)c1. The Morgan fingerprint density at radius 2 is 1.58 bits per heavy atom. The van der Waals surface area contributed by atoms with E-state index in [9.17, 15) is 18.0 Å². The van der Waals surface area contributed by atoms with Gasteiger partial charge in [0.2, 0.25) is 0 Å². The van der Waals surface area contributed by atoms with Crippen LogP contribution in [0.3, 0.4) is 0 Å². The smallest absolute Gasteiger partial charge is 0.322 e. The molecule has 1 aromatic heterocycles. The summed E-state index contributed by atoms with van der Waals surface area (Å²) >= 11 is 0. The van der Waals surface area contributed by atoms with Crippen molar-refractivity contribution in [2.75, 3.05) is 5.32 Å². The molecule has 180 valence electrons. The first-order valence-corrected chi connectivity index (χ1v) is 11.1. The number of aromatic nitrogens is 1. The number of hydrogen-bond acceptors (Lipinski definition) is 2. The van der Waals surface area contributed by atoms with E-state index < -0.39 is 23.3 Å². The summed E-state index contributed by atoms with van der Waals surface area (Å²) in [7, 11) is 0. The first-order valence-electron chi connectivity index (χ1n) is 11.1. The van der Waals surface area contributed by atoms with Crippen molar-refractivity contribution in [3.63, 3.8) is 0 Å². The van der Waals surface area contributed by atoms with E-state index in [0.29, 0.717) is 16.9 Å². The molecule has 0 aliphatic heterocycles. The van der Waals surface area contributed by atoms with Gasteiger partial charge in [-0.2, -0.15) is 13.2 Å². The molecular formula is C29H22F3N3O. The molecule has 4 aromatic rings. The van der Waals surface area contributed by atoms with Crippen LogP contribution in [0.4, 0.5) is 23.7 Å². The number of hydrogen-bond donors (Lipinski definition) is 2. The van der Waals surface area contributed by atoms with E-state index in [-0.39, 0.29) is 12.0 Å². The highest BCUT2D eigenvalue weighted by Crippen LogP contribution is 2.37. The Labute approximate surface area is 207 Å². The maximum Gasteiger partial charge on any atom is 0.416 e. The summed E-state index contributed by atoms with van der Waals surface area (Å²) in [5.74, 6) is 2.51. The van der Waals surface area contributed by atoms with Crippen LogP contribution in [-0.4, -0.2) is 11.0 Å². The Bertz CT molecular complexity index is 1380. The third kappa shape index (κ3) is 5.56. The van der Waals surface area contributed by atoms with Gasteiger partial charge in [0.15, 0.2) is 0 Å². The highest BCUT2D eigenvalue weighted by Gasteiger charge is 2.40. The van der Waals surface area contributed by atoms with Gasteiger partial charge < -0.3 is 10.6 Å². The fourth-order valence-corrected chi connectivity index (χ4v) is 4.04. The topological polar surface area (TPSA) is 54.0 Å². The van der Waals surface area contributed by atoms with Gasteiger partial charge in [0.05, 0.1) is 11.3 Å². The quantitative estimate of drug-likeness (QED) is 0.311. The minimum absolute atomic E-state index is 0.157. The number of alkyl halides is 3. The zero-order valence-corrected chi connectivity index (χ0v) is 19.1. The minimum Gasteiger partial charge on any atom is -0.322 e. The number of terminal acetylenes is 1. The van der Waals surface area contributed by atoms with Crippen LogP contribution in [0.1, 0.15) is 27.9 Å². The number of nitrogens with one attached hydrogen (secondary N) is 2. The largest absolute Gasteiger partial charge is 0.416 e. The number of nitrogens with zero attached hydrogens (tertiary/aromatic N) is 1. The predicted molar refractivity (Wildman–Crippen MR) is 133 cm³/mol. The van der Waals surface area contributed by atoms with E-state index in [1.807, 2.05) is 30.3 Å². The Morgan fingerprint density at radius 3 is 2.28 bits per heavy atom. The van der Waals surface area contributed by atoms with Gasteiger partial charge in [-0.25, -0.2) is 4.79 Å². The summed E-state index contributed by atoms with van der Waals surface area (Å²) in [5.41, 5.74) is 0.214. The maximum atomic E-state index is 13.7. The van der Waals surface area contributed by atoms with Crippen molar-refractivity contribution >= 4 is 11.7 Å². The molecular weight excluding hydrogens is 463 g/mol. The molecule has 0 saturated carbocycles. The summed E-state index contributed by atoms with van der Waals surface area (Å²) in [4.78, 5) is 17.8. The zero-order chi connectivity index (χ0) is 25.6. The van der Waals surface area contributed by atoms with Gasteiger partial charge in [-0.3, -0.25) is 4.98 Å². The molecule has 1 unspecified atom stereocenters. The standard InChI is InChI=1S/C29H22F3N3O/c1-2-21-12-8-15-25(18-21)34-27(36)35-28(26-16-6-7-17-33-26,20-22-10-4-3-5-11-22)23-13-9-14-24(19-23)29(30,31)32/h1,3-19H,20H2,(H2,34,35,36). The first kappa shape index (κ1) is 24.6. The van der Waals surface area contributed by atoms with Crippen molar-refractivity contribution < 1.29 is 18.0 Å². The van der Waals surface area contributed by atoms with Crippen molar-refractivity contribution in [2.24, 2.45) is 0 Å². The van der Waals surface area contributed by atoms with Gasteiger partial charge >= 0.3 is 12.2 Å². The van der Waals surface area contributed by atoms with Crippen LogP contribution in [0.5, 0.6) is 0 Å². The molecule has 0 aliphatic carbocycles. The zero-order valence-electron chi connectivity index (χ0n) is 19.1. The van der Waals surface area contributed by atoms with E-state index in [1.165, 1.54) is 6.07 Å². The lowest BCUT2D eigenvalue weighted by atomic mass is 9.80. The third-order valence-electron chi connectivity index (χ3n) is 5.71. The number of amides is 2. The Morgan fingerprint density at radius 1 is 0.861 bits per heavy atom. The van der Waals surface area contributed by atoms with E-state index in [0.717, 1.165) is 17.7 Å². The molecule has 0 bridgehead atoms. The van der Waals surface area contributed by atoms with Gasteiger partial charge in [-0.15, -0.1) is 6.42 Å². The van der Waals surface area contributed by atoms with Crippen molar-refractivity contribution in [3.8, 4) is 12.3 Å². The van der Waals surface area contributed by atoms with Crippen LogP contribution in [0.15, 0.2) is 103 Å². The third-order valence-corrected chi connectivity index (χ3v) is 5.71. The summed E-state index contributed by atoms with van der Waals surface area (Å²) in [6, 6.07) is 25.4. The monoisotopic (exact) mass is 485 g/mol. The molecule has 7 heteroatoms. The number of carbonyl (C=O) groups excluding carboxylic acids is 1. The first-order chi connectivity index (χ1) is 17.3. The van der Waals surface area contributed by atoms with Crippen LogP contribution in [0.25, 0.3) is 0 Å². The minimum atomic E-state index is -4.56. The van der Waals surface area contributed by atoms with Gasteiger partial charge in [0.25, 0.3) is 0 Å². The Hall–Kier alpha value is -4.57. The van der Waals surface area contributed by atoms with Crippen LogP contribution in [0, 0.1) is 12.3 Å². The van der Waals surface area contributed by atoms with Crippen LogP contribution in [0.2, 0.25) is 0 Å². The number of halogens is 3. The lowest BCUT2D eigenvalue weighted by molar-refractivity contribution is -0.137. The molecule has 0 saturated heterocycles. The van der Waals surface area contributed by atoms with Gasteiger partial charge in [-0.05, 0) is 53.6 Å². The number of carbonyl (C=O) groups is 1. The molecule has 4 rings (SSSR count). The molecule has 4 nitrogen and oxygen atoms in total. The summed E-state index contributed by atoms with van der Waals surface area (Å²) in [6.07, 6.45) is 2.60. The second kappa shape index (κ2) is 10.4. The van der Waals surface area contributed by atoms with E-state index in [1.54, 1.807) is 54.7 Å². The lowest BCUT2D eigenvalue weighted by Gasteiger charge is -2.35. The average Bonchev–Trinajstić information content (AvgIpc) is 2.89. The second-order valence-electron chi connectivity index (χ2n) is 8.17. The Kier molecular flexibility index (Phi) is 7.07. The van der Waals surface area contributed by atoms with Crippen LogP contribution in [-0.2, 0) is 18.1 Å². The number of benzene rings is 3. The molecule has 1 heterocycles. The van der Waals surface area contributed by atoms with Gasteiger partial charge in [-0.1, -0.05) is 60.5 Å². The number of pyridine rings is 1. The van der Waals surface area contributed by atoms with Gasteiger partial charge in [0, 0.05) is 23.9 Å². The van der Waals surface area contributed by atoms with E-state index in [4.69, 9.17) is 6.42 Å². The number of rotatable bonds is 6. The van der Waals surface area contributed by atoms with Crippen molar-refractivity contribution in [2.45, 2.75) is 18.1 Å². The molecule has 1 atom stereocenters. The second-order valence-corrected chi connectivity index (χ2v) is 8.17. The number of urea groups is 1. The lowest BCUT2D eigenvalue weighted by Crippen LogP contribution is -2.50. The molecule has 2 N–H and O–H groups in total. The van der Waals surface area contributed by atoms with Gasteiger partial charge in [0.1, 0.15) is 5.54 Å². The van der Waals surface area contributed by atoms with Crippen molar-refractivity contribution in [1.29, 1.82) is 0 Å². The van der Waals surface area contributed by atoms with Crippen LogP contribution < -0.4 is 10.6 Å². The van der Waals surface area contributed by atoms with Crippen molar-refractivity contribution in [1.82, 2.24) is 10.3 Å². The average molecular weight is 486 g/mol. The van der Waals surface area contributed by atoms with E-state index in [2.05, 4.69) is 21.5 Å². The van der Waals surface area contributed by atoms with Crippen molar-refractivity contribution in [3.05, 3.63) is 131 Å². The normalized spacial score (nSPS) is 12.7. The highest BCUT2D eigenvalue weighted by atomic mass is 19.4. The fourth-order valence-electron chi connectivity index (χ4n) is 4.04. The molecule has 0 aliphatic rings.